The van der Waals surface area contributed by atoms with Gasteiger partial charge in [0.05, 0.1) is 0 Å². The summed E-state index contributed by atoms with van der Waals surface area (Å²) in [5.41, 5.74) is 7.90. The van der Waals surface area contributed by atoms with Gasteiger partial charge in [0.15, 0.2) is 0 Å². The third-order valence-corrected chi connectivity index (χ3v) is 5.76. The molecule has 0 saturated carbocycles. The molecule has 0 aromatic heterocycles. The highest BCUT2D eigenvalue weighted by Gasteiger charge is 2.43. The van der Waals surface area contributed by atoms with Gasteiger partial charge in [-0.3, -0.25) is 0 Å². The topological polar surface area (TPSA) is 0 Å². The third kappa shape index (κ3) is 3.19. The molecule has 0 saturated heterocycles. The zero-order chi connectivity index (χ0) is 18.9. The third-order valence-electron chi connectivity index (χ3n) is 5.76. The highest BCUT2D eigenvalue weighted by Crippen LogP contribution is 2.39. The maximum absolute atomic E-state index is 2.38. The molecule has 3 aromatic carbocycles. The van der Waals surface area contributed by atoms with Gasteiger partial charge in [0.25, 0.3) is 0 Å². The minimum atomic E-state index is -0.203. The van der Waals surface area contributed by atoms with E-state index in [0.717, 1.165) is 0 Å². The summed E-state index contributed by atoms with van der Waals surface area (Å²) in [4.78, 5) is 0. The Hall–Kier alpha value is -2.80. The van der Waals surface area contributed by atoms with Crippen molar-refractivity contribution in [3.05, 3.63) is 125 Å². The van der Waals surface area contributed by atoms with E-state index < -0.39 is 0 Å². The fourth-order valence-electron chi connectivity index (χ4n) is 4.16. The number of aryl methyl sites for hydroxylation is 3. The van der Waals surface area contributed by atoms with Crippen LogP contribution in [0.5, 0.6) is 0 Å². The molecule has 1 aliphatic heterocycles. The van der Waals surface area contributed by atoms with Gasteiger partial charge in [-0.2, -0.15) is 0 Å². The Morgan fingerprint density at radius 1 is 0.556 bits per heavy atom. The largest absolute Gasteiger partial charge is 0.221 e. The van der Waals surface area contributed by atoms with E-state index in [1.807, 2.05) is 0 Å². The summed E-state index contributed by atoms with van der Waals surface area (Å²) < 4.78 is 0. The zero-order valence-electron chi connectivity index (χ0n) is 16.3. The molecular formula is C26H25B. The van der Waals surface area contributed by atoms with Crippen molar-refractivity contribution in [3.8, 4) is 0 Å². The average Bonchev–Trinajstić information content (AvgIpc) is 2.70. The van der Waals surface area contributed by atoms with Crippen LogP contribution in [0.1, 0.15) is 27.8 Å². The monoisotopic (exact) mass is 348 g/mol. The van der Waals surface area contributed by atoms with Crippen LogP contribution >= 0.6 is 0 Å². The van der Waals surface area contributed by atoms with E-state index in [0.29, 0.717) is 0 Å². The second-order valence-corrected chi connectivity index (χ2v) is 7.73. The first kappa shape index (κ1) is 17.6. The van der Waals surface area contributed by atoms with Crippen molar-refractivity contribution >= 4 is 12.2 Å². The fourth-order valence-corrected chi connectivity index (χ4v) is 4.16. The quantitative estimate of drug-likeness (QED) is 0.548. The summed E-state index contributed by atoms with van der Waals surface area (Å²) in [6.07, 6.45) is 6.77. The van der Waals surface area contributed by atoms with Crippen LogP contribution in [0.4, 0.5) is 0 Å². The molecule has 0 N–H and O–H groups in total. The van der Waals surface area contributed by atoms with Gasteiger partial charge >= 0.3 is 0 Å². The summed E-state index contributed by atoms with van der Waals surface area (Å²) in [6.45, 7) is 6.70. The first-order valence-corrected chi connectivity index (χ1v) is 9.66. The molecule has 0 atom stereocenters. The molecule has 1 aliphatic rings. The van der Waals surface area contributed by atoms with Crippen molar-refractivity contribution < 1.29 is 0 Å². The van der Waals surface area contributed by atoms with Gasteiger partial charge in [-0.1, -0.05) is 113 Å². The van der Waals surface area contributed by atoms with Gasteiger partial charge in [-0.05, 0) is 31.9 Å². The molecule has 4 rings (SSSR count). The van der Waals surface area contributed by atoms with Gasteiger partial charge in [-0.25, -0.2) is 0 Å². The van der Waals surface area contributed by atoms with Crippen molar-refractivity contribution in [2.24, 2.45) is 0 Å². The first-order chi connectivity index (χ1) is 13.1. The van der Waals surface area contributed by atoms with Crippen LogP contribution in [0.15, 0.2) is 97.0 Å². The van der Waals surface area contributed by atoms with Crippen molar-refractivity contribution in [2.75, 3.05) is 0 Å². The molecule has 1 heterocycles. The number of hydrogen-bond donors (Lipinski definition) is 0. The molecule has 27 heavy (non-hydrogen) atoms. The van der Waals surface area contributed by atoms with Crippen molar-refractivity contribution in [2.45, 2.75) is 26.1 Å². The van der Waals surface area contributed by atoms with E-state index in [4.69, 9.17) is 0 Å². The van der Waals surface area contributed by atoms with Crippen molar-refractivity contribution in [1.29, 1.82) is 0 Å². The summed E-state index contributed by atoms with van der Waals surface area (Å²) in [5.74, 6) is 2.35. The highest BCUT2D eigenvalue weighted by molar-refractivity contribution is 6.81. The normalized spacial score (nSPS) is 15.1. The Morgan fingerprint density at radius 2 is 1.00 bits per heavy atom. The van der Waals surface area contributed by atoms with Gasteiger partial charge < -0.3 is 0 Å². The van der Waals surface area contributed by atoms with E-state index in [1.165, 1.54) is 33.3 Å². The Balaban J connectivity index is 1.96. The molecule has 132 valence electrons. The zero-order valence-corrected chi connectivity index (χ0v) is 16.3. The number of allylic oxidation sites excluding steroid dienone is 3. The standard InChI is InChI=1S/C26H25B/c1-20-6-12-23(13-7-20)26(24-14-8-21(2)9-15-24)18-4-5-19-27(26)25-16-10-22(3)11-17-25/h4-19H,1-3H3. The van der Waals surface area contributed by atoms with Crippen molar-refractivity contribution in [1.82, 2.24) is 0 Å². The minimum absolute atomic E-state index is 0.203. The van der Waals surface area contributed by atoms with E-state index in [-0.39, 0.29) is 12.0 Å². The maximum atomic E-state index is 2.38. The molecule has 0 unspecified atom stereocenters. The van der Waals surface area contributed by atoms with E-state index in [2.05, 4.69) is 118 Å². The van der Waals surface area contributed by atoms with E-state index in [1.54, 1.807) is 0 Å². The van der Waals surface area contributed by atoms with Crippen LogP contribution in [0.2, 0.25) is 0 Å². The number of hydrogen-bond acceptors (Lipinski definition) is 0. The first-order valence-electron chi connectivity index (χ1n) is 9.66. The highest BCUT2D eigenvalue weighted by atomic mass is 14.3. The fraction of sp³-hybridized carbons (Fsp3) is 0.154. The Morgan fingerprint density at radius 3 is 1.48 bits per heavy atom. The lowest BCUT2D eigenvalue weighted by molar-refractivity contribution is 0.894. The summed E-state index contributed by atoms with van der Waals surface area (Å²) in [7, 11) is 0. The Bertz CT molecular complexity index is 928. The molecule has 1 heteroatoms. The maximum Gasteiger partial charge on any atom is 0.221 e. The smallest absolute Gasteiger partial charge is 0.109 e. The van der Waals surface area contributed by atoms with Gasteiger partial charge in [0.1, 0.15) is 0 Å². The van der Waals surface area contributed by atoms with Crippen LogP contribution in [0.3, 0.4) is 0 Å². The van der Waals surface area contributed by atoms with Gasteiger partial charge in [0.2, 0.25) is 6.71 Å². The van der Waals surface area contributed by atoms with E-state index in [9.17, 15) is 0 Å². The van der Waals surface area contributed by atoms with Gasteiger partial charge in [0, 0.05) is 5.31 Å². The lowest BCUT2D eigenvalue weighted by atomic mass is 9.26. The van der Waals surface area contributed by atoms with Crippen LogP contribution in [-0.2, 0) is 5.31 Å². The molecule has 0 radical (unpaired) electrons. The summed E-state index contributed by atoms with van der Waals surface area (Å²) in [6, 6.07) is 27.1. The second kappa shape index (κ2) is 7.08. The second-order valence-electron chi connectivity index (χ2n) is 7.73. The summed E-state index contributed by atoms with van der Waals surface area (Å²) >= 11 is 0. The van der Waals surface area contributed by atoms with Crippen LogP contribution in [-0.4, -0.2) is 6.71 Å². The molecule has 0 bridgehead atoms. The lowest BCUT2D eigenvalue weighted by Gasteiger charge is -2.38. The van der Waals surface area contributed by atoms with Gasteiger partial charge in [-0.15, -0.1) is 5.98 Å². The molecule has 0 fully saturated rings. The molecule has 0 nitrogen and oxygen atoms in total. The predicted molar refractivity (Wildman–Crippen MR) is 118 cm³/mol. The summed E-state index contributed by atoms with van der Waals surface area (Å²) in [5, 5.41) is -0.203. The molecule has 0 aliphatic carbocycles. The molecule has 3 aromatic rings. The van der Waals surface area contributed by atoms with Crippen molar-refractivity contribution in [3.63, 3.8) is 0 Å². The Kier molecular flexibility index (Phi) is 4.62. The average molecular weight is 348 g/mol. The molecular weight excluding hydrogens is 323 g/mol. The minimum Gasteiger partial charge on any atom is -0.109 e. The Labute approximate surface area is 163 Å². The van der Waals surface area contributed by atoms with E-state index >= 15 is 0 Å². The number of rotatable bonds is 3. The van der Waals surface area contributed by atoms with Crippen LogP contribution in [0, 0.1) is 20.8 Å². The lowest BCUT2D eigenvalue weighted by Crippen LogP contribution is -2.50. The molecule has 0 spiro atoms. The SMILES string of the molecule is Cc1ccc(B2C=CC=CC2(c2ccc(C)cc2)c2ccc(C)cc2)cc1. The van der Waals surface area contributed by atoms with Crippen LogP contribution in [0.25, 0.3) is 0 Å². The predicted octanol–water partition coefficient (Wildman–Crippen LogP) is 5.50. The van der Waals surface area contributed by atoms with Crippen LogP contribution < -0.4 is 5.46 Å². The number of benzene rings is 3. The molecule has 0 amide bonds.